The molecule has 0 saturated carbocycles. The zero-order chi connectivity index (χ0) is 13.5. The number of rotatable bonds is 4. The molecule has 0 aromatic carbocycles. The average molecular weight is 247 g/mol. The van der Waals surface area contributed by atoms with Crippen molar-refractivity contribution >= 4 is 17.6 Å². The van der Waals surface area contributed by atoms with Crippen LogP contribution in [0.15, 0.2) is 18.3 Å². The van der Waals surface area contributed by atoms with Gasteiger partial charge in [0.15, 0.2) is 0 Å². The number of esters is 1. The Morgan fingerprint density at radius 3 is 2.67 bits per heavy atom. The summed E-state index contributed by atoms with van der Waals surface area (Å²) in [6.45, 7) is 0. The van der Waals surface area contributed by atoms with Crippen LogP contribution in [-0.2, 0) is 14.3 Å². The summed E-state index contributed by atoms with van der Waals surface area (Å²) in [5, 5.41) is 8.60. The standard InChI is InChI=1S/C12H13N3O3/c1-15(11(16)5-6-12(17)18-2)10-4-3-9(7-13)14-8-10/h3-4,8H,5-6H2,1-2H3. The Bertz CT molecular complexity index is 476. The van der Waals surface area contributed by atoms with Gasteiger partial charge in [0, 0.05) is 13.5 Å². The van der Waals surface area contributed by atoms with E-state index in [9.17, 15) is 9.59 Å². The highest BCUT2D eigenvalue weighted by molar-refractivity contribution is 5.94. The highest BCUT2D eigenvalue weighted by atomic mass is 16.5. The van der Waals surface area contributed by atoms with E-state index in [0.717, 1.165) is 0 Å². The Morgan fingerprint density at radius 2 is 2.17 bits per heavy atom. The van der Waals surface area contributed by atoms with Gasteiger partial charge in [-0.1, -0.05) is 0 Å². The third-order valence-electron chi connectivity index (χ3n) is 2.39. The summed E-state index contributed by atoms with van der Waals surface area (Å²) >= 11 is 0. The molecule has 0 aliphatic heterocycles. The van der Waals surface area contributed by atoms with Gasteiger partial charge in [-0.3, -0.25) is 9.59 Å². The van der Waals surface area contributed by atoms with E-state index in [-0.39, 0.29) is 24.4 Å². The fraction of sp³-hybridized carbons (Fsp3) is 0.333. The fourth-order valence-electron chi connectivity index (χ4n) is 1.27. The van der Waals surface area contributed by atoms with Crippen LogP contribution < -0.4 is 4.90 Å². The van der Waals surface area contributed by atoms with Crippen molar-refractivity contribution in [2.75, 3.05) is 19.1 Å². The van der Waals surface area contributed by atoms with Crippen molar-refractivity contribution in [1.29, 1.82) is 5.26 Å². The summed E-state index contributed by atoms with van der Waals surface area (Å²) < 4.78 is 4.46. The lowest BCUT2D eigenvalue weighted by molar-refractivity contribution is -0.141. The van der Waals surface area contributed by atoms with Crippen molar-refractivity contribution in [2.45, 2.75) is 12.8 Å². The van der Waals surface area contributed by atoms with E-state index < -0.39 is 5.97 Å². The fourth-order valence-corrected chi connectivity index (χ4v) is 1.27. The minimum Gasteiger partial charge on any atom is -0.469 e. The molecule has 1 amide bonds. The maximum absolute atomic E-state index is 11.7. The molecular formula is C12H13N3O3. The van der Waals surface area contributed by atoms with E-state index in [4.69, 9.17) is 5.26 Å². The molecular weight excluding hydrogens is 234 g/mol. The largest absolute Gasteiger partial charge is 0.469 e. The molecule has 0 fully saturated rings. The molecule has 0 aliphatic rings. The molecule has 0 bridgehead atoms. The van der Waals surface area contributed by atoms with Crippen LogP contribution in [0.3, 0.4) is 0 Å². The average Bonchev–Trinajstić information content (AvgIpc) is 2.43. The lowest BCUT2D eigenvalue weighted by atomic mass is 10.2. The summed E-state index contributed by atoms with van der Waals surface area (Å²) in [4.78, 5) is 27.9. The number of anilines is 1. The predicted octanol–water partition coefficient (Wildman–Crippen LogP) is 0.869. The molecule has 18 heavy (non-hydrogen) atoms. The summed E-state index contributed by atoms with van der Waals surface area (Å²) in [5.41, 5.74) is 0.859. The number of ether oxygens (including phenoxy) is 1. The van der Waals surface area contributed by atoms with E-state index >= 15 is 0 Å². The van der Waals surface area contributed by atoms with Crippen LogP contribution in [0.4, 0.5) is 5.69 Å². The molecule has 0 atom stereocenters. The van der Waals surface area contributed by atoms with Crippen molar-refractivity contribution in [3.63, 3.8) is 0 Å². The van der Waals surface area contributed by atoms with Gasteiger partial charge in [-0.2, -0.15) is 5.26 Å². The molecule has 0 unspecified atom stereocenters. The minimum atomic E-state index is -0.422. The molecule has 94 valence electrons. The maximum Gasteiger partial charge on any atom is 0.306 e. The number of carbonyl (C=O) groups is 2. The lowest BCUT2D eigenvalue weighted by Crippen LogP contribution is -2.26. The van der Waals surface area contributed by atoms with Crippen LogP contribution in [0.5, 0.6) is 0 Å². The molecule has 0 radical (unpaired) electrons. The van der Waals surface area contributed by atoms with Gasteiger partial charge < -0.3 is 9.64 Å². The number of carbonyl (C=O) groups excluding carboxylic acids is 2. The lowest BCUT2D eigenvalue weighted by Gasteiger charge is -2.16. The Balaban J connectivity index is 2.62. The molecule has 6 heteroatoms. The SMILES string of the molecule is COC(=O)CCC(=O)N(C)c1ccc(C#N)nc1. The number of pyridine rings is 1. The first-order valence-electron chi connectivity index (χ1n) is 5.28. The summed E-state index contributed by atoms with van der Waals surface area (Å²) in [7, 11) is 2.86. The zero-order valence-electron chi connectivity index (χ0n) is 10.2. The van der Waals surface area contributed by atoms with Gasteiger partial charge in [-0.15, -0.1) is 0 Å². The number of nitriles is 1. The molecule has 1 rings (SSSR count). The first-order valence-corrected chi connectivity index (χ1v) is 5.28. The van der Waals surface area contributed by atoms with Crippen LogP contribution in [0.25, 0.3) is 0 Å². The number of methoxy groups -OCH3 is 1. The van der Waals surface area contributed by atoms with E-state index in [1.54, 1.807) is 13.1 Å². The second-order valence-corrected chi connectivity index (χ2v) is 3.54. The molecule has 0 aliphatic carbocycles. The van der Waals surface area contributed by atoms with Crippen LogP contribution in [-0.4, -0.2) is 31.0 Å². The highest BCUT2D eigenvalue weighted by Crippen LogP contribution is 2.12. The van der Waals surface area contributed by atoms with Crippen molar-refractivity contribution in [3.05, 3.63) is 24.0 Å². The highest BCUT2D eigenvalue weighted by Gasteiger charge is 2.13. The number of amides is 1. The van der Waals surface area contributed by atoms with E-state index in [1.165, 1.54) is 24.3 Å². The Morgan fingerprint density at radius 1 is 1.44 bits per heavy atom. The van der Waals surface area contributed by atoms with Crippen molar-refractivity contribution in [3.8, 4) is 6.07 Å². The molecule has 1 aromatic rings. The minimum absolute atomic E-state index is 0.0450. The van der Waals surface area contributed by atoms with Gasteiger partial charge in [-0.05, 0) is 12.1 Å². The van der Waals surface area contributed by atoms with E-state index in [1.807, 2.05) is 6.07 Å². The third-order valence-corrected chi connectivity index (χ3v) is 2.39. The molecule has 0 N–H and O–H groups in total. The topological polar surface area (TPSA) is 83.3 Å². The zero-order valence-corrected chi connectivity index (χ0v) is 10.2. The third kappa shape index (κ3) is 3.56. The molecule has 6 nitrogen and oxygen atoms in total. The second-order valence-electron chi connectivity index (χ2n) is 3.54. The number of hydrogen-bond donors (Lipinski definition) is 0. The Hall–Kier alpha value is -2.42. The smallest absolute Gasteiger partial charge is 0.306 e. The quantitative estimate of drug-likeness (QED) is 0.737. The number of nitrogens with zero attached hydrogens (tertiary/aromatic N) is 3. The van der Waals surface area contributed by atoms with Crippen molar-refractivity contribution < 1.29 is 14.3 Å². The summed E-state index contributed by atoms with van der Waals surface area (Å²) in [5.74, 6) is -0.637. The van der Waals surface area contributed by atoms with Gasteiger partial charge in [0.05, 0.1) is 25.4 Å². The Labute approximate surface area is 105 Å². The molecule has 0 saturated heterocycles. The summed E-state index contributed by atoms with van der Waals surface area (Å²) in [6.07, 6.45) is 1.56. The van der Waals surface area contributed by atoms with Crippen LogP contribution >= 0.6 is 0 Å². The molecule has 1 heterocycles. The van der Waals surface area contributed by atoms with Gasteiger partial charge in [0.1, 0.15) is 11.8 Å². The van der Waals surface area contributed by atoms with Crippen molar-refractivity contribution in [1.82, 2.24) is 4.98 Å². The first kappa shape index (κ1) is 13.6. The molecule has 0 spiro atoms. The van der Waals surface area contributed by atoms with Crippen molar-refractivity contribution in [2.24, 2.45) is 0 Å². The van der Waals surface area contributed by atoms with Gasteiger partial charge >= 0.3 is 5.97 Å². The maximum atomic E-state index is 11.7. The predicted molar refractivity (Wildman–Crippen MR) is 63.6 cm³/mol. The number of aromatic nitrogens is 1. The van der Waals surface area contributed by atoms with Crippen LogP contribution in [0.1, 0.15) is 18.5 Å². The van der Waals surface area contributed by atoms with Gasteiger partial charge in [0.2, 0.25) is 5.91 Å². The van der Waals surface area contributed by atoms with Crippen LogP contribution in [0.2, 0.25) is 0 Å². The normalized spacial score (nSPS) is 9.39. The monoisotopic (exact) mass is 247 g/mol. The summed E-state index contributed by atoms with van der Waals surface area (Å²) in [6, 6.07) is 5.05. The van der Waals surface area contributed by atoms with Gasteiger partial charge in [0.25, 0.3) is 0 Å². The molecule has 1 aromatic heterocycles. The van der Waals surface area contributed by atoms with E-state index in [0.29, 0.717) is 5.69 Å². The Kier molecular flexibility index (Phi) is 4.81. The van der Waals surface area contributed by atoms with Gasteiger partial charge in [-0.25, -0.2) is 4.98 Å². The second kappa shape index (κ2) is 6.35. The number of hydrogen-bond acceptors (Lipinski definition) is 5. The van der Waals surface area contributed by atoms with Crippen LogP contribution in [0, 0.1) is 11.3 Å². The van der Waals surface area contributed by atoms with E-state index in [2.05, 4.69) is 9.72 Å². The first-order chi connectivity index (χ1) is 8.58.